The van der Waals surface area contributed by atoms with Gasteiger partial charge in [-0.1, -0.05) is 30.3 Å². The Labute approximate surface area is 125 Å². The molecule has 1 aliphatic carbocycles. The van der Waals surface area contributed by atoms with Crippen LogP contribution >= 0.6 is 0 Å². The quantitative estimate of drug-likeness (QED) is 0.806. The second kappa shape index (κ2) is 7.22. The molecular weight excluding hydrogens is 266 g/mol. The number of imide groups is 1. The Kier molecular flexibility index (Phi) is 5.33. The average molecular weight is 289 g/mol. The van der Waals surface area contributed by atoms with Gasteiger partial charge < -0.3 is 5.73 Å². The number of nitrogens with zero attached hydrogens (tertiary/aromatic N) is 1. The van der Waals surface area contributed by atoms with Crippen molar-refractivity contribution in [2.75, 3.05) is 13.1 Å². The molecule has 0 aliphatic heterocycles. The smallest absolute Gasteiger partial charge is 0.318 e. The summed E-state index contributed by atoms with van der Waals surface area (Å²) in [7, 11) is 0. The molecule has 1 aromatic rings. The zero-order chi connectivity index (χ0) is 15.2. The van der Waals surface area contributed by atoms with Crippen molar-refractivity contribution in [3.63, 3.8) is 0 Å². The molecule has 1 fully saturated rings. The highest BCUT2D eigenvalue weighted by Crippen LogP contribution is 2.32. The first-order chi connectivity index (χ1) is 10.1. The van der Waals surface area contributed by atoms with E-state index in [1.165, 1.54) is 18.4 Å². The standard InChI is InChI=1S/C16H23N3O2/c1-12(14-5-3-2-4-6-14)19(11-13-7-8-13)10-9-15(20)18-16(17)21/h2-6,12-13H,7-11H2,1H3,(H3,17,18,20,21)/t12-/m1/s1. The summed E-state index contributed by atoms with van der Waals surface area (Å²) in [6.07, 6.45) is 2.82. The first-order valence-electron chi connectivity index (χ1n) is 7.44. The lowest BCUT2D eigenvalue weighted by Crippen LogP contribution is -2.38. The maximum Gasteiger partial charge on any atom is 0.318 e. The summed E-state index contributed by atoms with van der Waals surface area (Å²) in [5.74, 6) is 0.430. The molecule has 0 unspecified atom stereocenters. The predicted octanol–water partition coefficient (Wildman–Crippen LogP) is 2.04. The highest BCUT2D eigenvalue weighted by molar-refractivity contribution is 5.93. The third-order valence-corrected chi connectivity index (χ3v) is 3.91. The zero-order valence-corrected chi connectivity index (χ0v) is 12.4. The van der Waals surface area contributed by atoms with Gasteiger partial charge in [0.15, 0.2) is 0 Å². The van der Waals surface area contributed by atoms with Crippen LogP contribution in [0.4, 0.5) is 4.79 Å². The van der Waals surface area contributed by atoms with E-state index >= 15 is 0 Å². The molecule has 114 valence electrons. The lowest BCUT2D eigenvalue weighted by atomic mass is 10.1. The monoisotopic (exact) mass is 289 g/mol. The third-order valence-electron chi connectivity index (χ3n) is 3.91. The van der Waals surface area contributed by atoms with E-state index in [1.54, 1.807) is 0 Å². The van der Waals surface area contributed by atoms with Crippen molar-refractivity contribution in [2.45, 2.75) is 32.2 Å². The van der Waals surface area contributed by atoms with Crippen LogP contribution < -0.4 is 11.1 Å². The molecule has 0 aromatic heterocycles. The average Bonchev–Trinajstić information content (AvgIpc) is 3.27. The van der Waals surface area contributed by atoms with Gasteiger partial charge in [0.25, 0.3) is 0 Å². The van der Waals surface area contributed by atoms with Crippen LogP contribution in [0, 0.1) is 5.92 Å². The van der Waals surface area contributed by atoms with Crippen LogP contribution in [0.15, 0.2) is 30.3 Å². The van der Waals surface area contributed by atoms with E-state index in [0.29, 0.717) is 6.54 Å². The summed E-state index contributed by atoms with van der Waals surface area (Å²) in [5.41, 5.74) is 6.20. The Morgan fingerprint density at radius 1 is 1.33 bits per heavy atom. The van der Waals surface area contributed by atoms with Crippen molar-refractivity contribution >= 4 is 11.9 Å². The fraction of sp³-hybridized carbons (Fsp3) is 0.500. The number of urea groups is 1. The van der Waals surface area contributed by atoms with E-state index in [9.17, 15) is 9.59 Å². The number of benzene rings is 1. The number of primary amides is 1. The maximum atomic E-state index is 11.6. The van der Waals surface area contributed by atoms with Gasteiger partial charge in [-0.15, -0.1) is 0 Å². The Hall–Kier alpha value is -1.88. The van der Waals surface area contributed by atoms with Gasteiger partial charge in [-0.25, -0.2) is 4.79 Å². The minimum absolute atomic E-state index is 0.258. The first-order valence-corrected chi connectivity index (χ1v) is 7.44. The molecule has 0 radical (unpaired) electrons. The summed E-state index contributed by atoms with van der Waals surface area (Å²) in [4.78, 5) is 24.6. The van der Waals surface area contributed by atoms with E-state index in [2.05, 4.69) is 29.3 Å². The molecule has 5 heteroatoms. The Bertz CT molecular complexity index is 486. The van der Waals surface area contributed by atoms with E-state index < -0.39 is 6.03 Å². The van der Waals surface area contributed by atoms with Gasteiger partial charge in [0, 0.05) is 25.6 Å². The Morgan fingerprint density at radius 3 is 2.57 bits per heavy atom. The second-order valence-electron chi connectivity index (χ2n) is 5.69. The van der Waals surface area contributed by atoms with Crippen molar-refractivity contribution in [1.29, 1.82) is 0 Å². The van der Waals surface area contributed by atoms with Crippen LogP contribution in [0.1, 0.15) is 37.8 Å². The van der Waals surface area contributed by atoms with Gasteiger partial charge in [0.05, 0.1) is 0 Å². The van der Waals surface area contributed by atoms with Crippen molar-refractivity contribution < 1.29 is 9.59 Å². The second-order valence-corrected chi connectivity index (χ2v) is 5.69. The van der Waals surface area contributed by atoms with Gasteiger partial charge in [-0.05, 0) is 31.2 Å². The van der Waals surface area contributed by atoms with Gasteiger partial charge in [0.1, 0.15) is 0 Å². The molecule has 21 heavy (non-hydrogen) atoms. The van der Waals surface area contributed by atoms with Crippen LogP contribution in [-0.2, 0) is 4.79 Å². The summed E-state index contributed by atoms with van der Waals surface area (Å²) in [6.45, 7) is 3.79. The molecule has 0 spiro atoms. The minimum Gasteiger partial charge on any atom is -0.351 e. The normalized spacial score (nSPS) is 15.7. The van der Waals surface area contributed by atoms with Crippen LogP contribution in [0.25, 0.3) is 0 Å². The number of nitrogens with one attached hydrogen (secondary N) is 1. The van der Waals surface area contributed by atoms with Crippen LogP contribution in [0.2, 0.25) is 0 Å². The highest BCUT2D eigenvalue weighted by atomic mass is 16.2. The molecule has 1 atom stereocenters. The van der Waals surface area contributed by atoms with Gasteiger partial charge in [-0.2, -0.15) is 0 Å². The highest BCUT2D eigenvalue weighted by Gasteiger charge is 2.27. The van der Waals surface area contributed by atoms with Crippen molar-refractivity contribution in [3.05, 3.63) is 35.9 Å². The predicted molar refractivity (Wildman–Crippen MR) is 81.5 cm³/mol. The van der Waals surface area contributed by atoms with E-state index in [4.69, 9.17) is 5.73 Å². The van der Waals surface area contributed by atoms with Gasteiger partial charge in [-0.3, -0.25) is 15.0 Å². The topological polar surface area (TPSA) is 75.4 Å². The molecule has 0 saturated heterocycles. The molecule has 3 N–H and O–H groups in total. The molecule has 2 rings (SSSR count). The van der Waals surface area contributed by atoms with Crippen LogP contribution in [0.5, 0.6) is 0 Å². The molecular formula is C16H23N3O2. The van der Waals surface area contributed by atoms with Gasteiger partial charge >= 0.3 is 6.03 Å². The van der Waals surface area contributed by atoms with Gasteiger partial charge in [0.2, 0.25) is 5.91 Å². The largest absolute Gasteiger partial charge is 0.351 e. The first kappa shape index (κ1) is 15.5. The van der Waals surface area contributed by atoms with Crippen LogP contribution in [0.3, 0.4) is 0 Å². The molecule has 3 amide bonds. The van der Waals surface area contributed by atoms with Crippen molar-refractivity contribution in [2.24, 2.45) is 11.7 Å². The van der Waals surface area contributed by atoms with E-state index in [1.807, 2.05) is 18.2 Å². The number of hydrogen-bond acceptors (Lipinski definition) is 3. The Balaban J connectivity index is 1.93. The van der Waals surface area contributed by atoms with Crippen molar-refractivity contribution in [3.8, 4) is 0 Å². The molecule has 5 nitrogen and oxygen atoms in total. The van der Waals surface area contributed by atoms with Crippen molar-refractivity contribution in [1.82, 2.24) is 10.2 Å². The number of rotatable bonds is 7. The number of nitrogens with two attached hydrogens (primary N) is 1. The summed E-state index contributed by atoms with van der Waals surface area (Å²) in [5, 5.41) is 2.12. The summed E-state index contributed by atoms with van der Waals surface area (Å²) < 4.78 is 0. The SMILES string of the molecule is C[C@H](c1ccccc1)N(CCC(=O)NC(N)=O)CC1CC1. The number of carbonyl (C=O) groups excluding carboxylic acids is 2. The molecule has 0 bridgehead atoms. The number of carbonyl (C=O) groups is 2. The van der Waals surface area contributed by atoms with Crippen LogP contribution in [-0.4, -0.2) is 29.9 Å². The lowest BCUT2D eigenvalue weighted by Gasteiger charge is -2.29. The van der Waals surface area contributed by atoms with E-state index in [-0.39, 0.29) is 18.4 Å². The fourth-order valence-corrected chi connectivity index (χ4v) is 2.46. The molecule has 0 heterocycles. The maximum absolute atomic E-state index is 11.6. The number of amides is 3. The molecule has 1 saturated carbocycles. The zero-order valence-electron chi connectivity index (χ0n) is 12.4. The lowest BCUT2D eigenvalue weighted by molar-refractivity contribution is -0.120. The summed E-state index contributed by atoms with van der Waals surface area (Å²) in [6, 6.07) is 9.74. The summed E-state index contributed by atoms with van der Waals surface area (Å²) >= 11 is 0. The molecule has 1 aliphatic rings. The minimum atomic E-state index is -0.787. The van der Waals surface area contributed by atoms with E-state index in [0.717, 1.165) is 12.5 Å². The third kappa shape index (κ3) is 5.19. The number of hydrogen-bond donors (Lipinski definition) is 2. The molecule has 1 aromatic carbocycles. The fourth-order valence-electron chi connectivity index (χ4n) is 2.46. The Morgan fingerprint density at radius 2 is 2.00 bits per heavy atom.